The average molecular weight is 1020 g/mol. The van der Waals surface area contributed by atoms with E-state index in [2.05, 4.69) is 0 Å². The largest absolute Gasteiger partial charge is 0.212 e. The first kappa shape index (κ1) is 30.8. The van der Waals surface area contributed by atoms with E-state index in [-0.39, 0.29) is 11.1 Å². The lowest BCUT2D eigenvalue weighted by atomic mass is 9.85. The molecule has 0 bridgehead atoms. The van der Waals surface area contributed by atoms with Gasteiger partial charge in [-0.2, -0.15) is 0 Å². The molecule has 0 spiro atoms. The zero-order valence-corrected chi connectivity index (χ0v) is 44.9. The molecule has 4 aromatic carbocycles. The molecule has 0 aliphatic heterocycles. The maximum absolute atomic E-state index is 8.69. The first-order valence-corrected chi connectivity index (χ1v) is 24.5. The van der Waals surface area contributed by atoms with E-state index in [1.165, 1.54) is 32.9 Å². The lowest BCUT2D eigenvalue weighted by molar-refractivity contribution is -0.660. The predicted molar refractivity (Wildman–Crippen MR) is 315 cm³/mol. The van der Waals surface area contributed by atoms with Crippen LogP contribution in [0.15, 0.2) is 170 Å². The summed E-state index contributed by atoms with van der Waals surface area (Å²) in [6.07, 6.45) is 1.00. The maximum atomic E-state index is 8.69. The maximum Gasteiger partial charge on any atom is 0.212 e. The highest BCUT2D eigenvalue weighted by atomic mass is 14.9. The van der Waals surface area contributed by atoms with Gasteiger partial charge in [-0.3, -0.25) is 0 Å². The second kappa shape index (κ2) is 26.6. The minimum absolute atomic E-state index is 0.0320. The highest BCUT2D eigenvalue weighted by molar-refractivity contribution is 5.64. The van der Waals surface area contributed by atoms with E-state index in [4.69, 9.17) is 37.0 Å². The van der Waals surface area contributed by atoms with Crippen LogP contribution in [0, 0.1) is 33.1 Å². The van der Waals surface area contributed by atoms with Crippen molar-refractivity contribution < 1.29 is 55.3 Å². The number of aromatic nitrogens is 4. The molecule has 0 aliphatic carbocycles. The molecule has 0 saturated carbocycles. The van der Waals surface area contributed by atoms with E-state index in [0.29, 0.717) is 16.7 Å². The molecule has 4 heteroatoms. The van der Waals surface area contributed by atoms with Crippen LogP contribution < -0.4 is 18.3 Å². The molecule has 2 unspecified atom stereocenters. The Hall–Kier alpha value is -6.52. The third-order valence-corrected chi connectivity index (χ3v) is 12.5. The molecule has 4 nitrogen and oxygen atoms in total. The number of hydrogen-bond acceptors (Lipinski definition) is 0. The SMILES string of the molecule is [2H]C([2H])([2H])C(C)(C)C([2H])([2H])c1ccc(-c2cccc[n+]2C)c(C)c1.[2H]C([2H])([2H])C(C)(c1ccc(-c2cccc[n+]2C)c(C)c1)C([2H])([2H])[2H].[2H]C([2H])([2H])CC([2H])(c1ccc(-c2cccc[n+]2C)c(C)c1)C([2H])([2H])C([2H])([2H])[2H].[2H]C([2H])([2H])CC([2H])(c1ccc(-c2cccc[n+]2C)c(C)c1)C([2H])([2H])[2H]. The zero-order valence-electron chi connectivity index (χ0n) is 71.9. The van der Waals surface area contributed by atoms with Crippen molar-refractivity contribution in [3.8, 4) is 45.0 Å². The van der Waals surface area contributed by atoms with E-state index in [1.54, 1.807) is 61.5 Å². The quantitative estimate of drug-likeness (QED) is 0.121. The molecular weight excluding hydrogens is 897 g/mol. The van der Waals surface area contributed by atoms with E-state index >= 15 is 0 Å². The Morgan fingerprint density at radius 3 is 1.30 bits per heavy atom. The van der Waals surface area contributed by atoms with Crippen molar-refractivity contribution in [1.82, 2.24) is 0 Å². The molecule has 0 N–H and O–H groups in total. The number of rotatable bonds is 10. The fourth-order valence-electron chi connectivity index (χ4n) is 8.46. The third-order valence-electron chi connectivity index (χ3n) is 12.5. The van der Waals surface area contributed by atoms with Crippen LogP contribution in [0.2, 0.25) is 0 Å². The lowest BCUT2D eigenvalue weighted by Gasteiger charge is -2.20. The van der Waals surface area contributed by atoms with Crippen molar-refractivity contribution in [2.45, 2.75) is 139 Å². The molecule has 8 rings (SSSR count). The van der Waals surface area contributed by atoms with E-state index < -0.39 is 96.2 Å². The topological polar surface area (TPSA) is 15.5 Å². The highest BCUT2D eigenvalue weighted by Crippen LogP contribution is 2.31. The van der Waals surface area contributed by atoms with Crippen LogP contribution in [0.5, 0.6) is 0 Å². The highest BCUT2D eigenvalue weighted by Gasteiger charge is 2.19. The van der Waals surface area contributed by atoms with Crippen LogP contribution in [0.25, 0.3) is 45.0 Å². The molecule has 2 atom stereocenters. The van der Waals surface area contributed by atoms with Gasteiger partial charge in [0.05, 0.1) is 0 Å². The van der Waals surface area contributed by atoms with Gasteiger partial charge >= 0.3 is 0 Å². The zero-order chi connectivity index (χ0) is 77.3. The normalized spacial score (nSPS) is 19.9. The summed E-state index contributed by atoms with van der Waals surface area (Å²) in [5.74, 6) is -4.65. The van der Waals surface area contributed by atoms with Crippen LogP contribution >= 0.6 is 0 Å². The fourth-order valence-corrected chi connectivity index (χ4v) is 8.46. The van der Waals surface area contributed by atoms with E-state index in [9.17, 15) is 0 Å². The molecule has 0 radical (unpaired) electrons. The third kappa shape index (κ3) is 16.0. The predicted octanol–water partition coefficient (Wildman–Crippen LogP) is 16.2. The lowest BCUT2D eigenvalue weighted by Crippen LogP contribution is -2.30. The minimum Gasteiger partial charge on any atom is -0.201 e. The van der Waals surface area contributed by atoms with Crippen LogP contribution in [0.3, 0.4) is 0 Å². The molecule has 0 aliphatic rings. The van der Waals surface area contributed by atoms with E-state index in [1.807, 2.05) is 171 Å². The van der Waals surface area contributed by atoms with Gasteiger partial charge in [-0.05, 0) is 169 Å². The van der Waals surface area contributed by atoms with Gasteiger partial charge in [0.2, 0.25) is 22.8 Å². The summed E-state index contributed by atoms with van der Waals surface area (Å²) in [6.45, 7) is -7.13. The van der Waals surface area contributed by atoms with Gasteiger partial charge in [0, 0.05) is 108 Å². The Morgan fingerprint density at radius 1 is 0.473 bits per heavy atom. The standard InChI is InChI=1S/2C18H24N.2C17H22N/c1-14-12-15(13-18(2,3)4)9-10-16(14)17-8-6-7-11-19(17)5;1-5-15(6-2)16-10-11-17(14(3)13-16)18-9-7-8-12-19(18)4;1-13-12-14(17(2,3)4)9-10-15(13)16-8-6-7-11-18(16)5;1-5-13(2)15-9-10-16(14(3)12-15)17-8-6-7-11-18(17)4/h6-12H,13H2,1-5H3;7-13,15H,5-6H2,1-4H3;6-12H,1-5H3;6-13H,5H2,1-4H3/q4*+1/i2D3,13D2;1D3,2D3,5D2,15D;2D3,3D3;1D3,2D3,13D. The molecule has 4 aromatic heterocycles. The smallest absolute Gasteiger partial charge is 0.201 e. The van der Waals surface area contributed by atoms with Crippen molar-refractivity contribution in [1.29, 1.82) is 0 Å². The summed E-state index contributed by atoms with van der Waals surface area (Å²) in [5.41, 5.74) is 8.30. The molecule has 0 saturated heterocycles. The van der Waals surface area contributed by atoms with Crippen LogP contribution in [0.4, 0.5) is 0 Å². The van der Waals surface area contributed by atoms with Gasteiger partial charge < -0.3 is 0 Å². The van der Waals surface area contributed by atoms with Crippen LogP contribution in [-0.4, -0.2) is 0 Å². The van der Waals surface area contributed by atoms with Crippen molar-refractivity contribution >= 4 is 0 Å². The molecule has 8 aromatic rings. The summed E-state index contributed by atoms with van der Waals surface area (Å²) in [7, 11) is 7.67. The number of pyridine rings is 4. The van der Waals surface area contributed by atoms with Crippen molar-refractivity contribution in [3.05, 3.63) is 215 Å². The Bertz CT molecular complexity index is 4160. The second-order valence-corrected chi connectivity index (χ2v) is 19.2. The summed E-state index contributed by atoms with van der Waals surface area (Å²) in [5, 5.41) is 0. The second-order valence-electron chi connectivity index (χ2n) is 19.2. The van der Waals surface area contributed by atoms with E-state index in [0.717, 1.165) is 61.7 Å². The van der Waals surface area contributed by atoms with Crippen LogP contribution in [0.1, 0.15) is 181 Å². The number of hydrogen-bond donors (Lipinski definition) is 0. The number of aryl methyl sites for hydroxylation is 8. The summed E-state index contributed by atoms with van der Waals surface area (Å²) >= 11 is 0. The monoisotopic (exact) mass is 1020 g/mol. The van der Waals surface area contributed by atoms with Gasteiger partial charge in [-0.15, -0.1) is 0 Å². The summed E-state index contributed by atoms with van der Waals surface area (Å²) in [4.78, 5) is 0. The molecule has 4 heterocycles. The summed E-state index contributed by atoms with van der Waals surface area (Å²) in [6, 6.07) is 43.2. The first-order chi connectivity index (χ1) is 45.7. The molecule has 0 fully saturated rings. The molecular formula is C70H92N4+4. The Kier molecular flexibility index (Phi) is 11.1. The van der Waals surface area contributed by atoms with Gasteiger partial charge in [-0.25, -0.2) is 18.3 Å². The fraction of sp³-hybridized carbons (Fsp3) is 0.371. The first-order valence-electron chi connectivity index (χ1n) is 38.0. The Balaban J connectivity index is 0.000000243. The Labute approximate surface area is 487 Å². The van der Waals surface area contributed by atoms with Crippen molar-refractivity contribution in [3.63, 3.8) is 0 Å². The van der Waals surface area contributed by atoms with Crippen molar-refractivity contribution in [2.24, 2.45) is 33.6 Å². The van der Waals surface area contributed by atoms with Crippen LogP contribution in [-0.2, 0) is 40.0 Å². The minimum atomic E-state index is -3.15. The molecule has 0 amide bonds. The molecule has 388 valence electrons. The van der Waals surface area contributed by atoms with Gasteiger partial charge in [0.15, 0.2) is 24.8 Å². The molecule has 74 heavy (non-hydrogen) atoms. The average Bonchev–Trinajstić information content (AvgIpc) is 0.755. The number of benzene rings is 4. The van der Waals surface area contributed by atoms with Gasteiger partial charge in [0.25, 0.3) is 0 Å². The van der Waals surface area contributed by atoms with Crippen molar-refractivity contribution in [2.75, 3.05) is 0 Å². The van der Waals surface area contributed by atoms with Gasteiger partial charge in [0.1, 0.15) is 28.2 Å². The van der Waals surface area contributed by atoms with Gasteiger partial charge in [-0.1, -0.05) is 117 Å². The Morgan fingerprint density at radius 2 is 0.905 bits per heavy atom. The number of nitrogens with zero attached hydrogens (tertiary/aromatic N) is 4. The summed E-state index contributed by atoms with van der Waals surface area (Å²) < 4.78 is 219.